The number of fused-ring (bicyclic) bond motifs is 1. The summed E-state index contributed by atoms with van der Waals surface area (Å²) in [4.78, 5) is 3.69. The lowest BCUT2D eigenvalue weighted by Crippen LogP contribution is -2.18. The van der Waals surface area contributed by atoms with Crippen molar-refractivity contribution in [2.75, 3.05) is 11.4 Å². The van der Waals surface area contributed by atoms with Gasteiger partial charge in [0.2, 0.25) is 0 Å². The van der Waals surface area contributed by atoms with Crippen LogP contribution in [-0.4, -0.2) is 6.54 Å². The second-order valence-corrected chi connectivity index (χ2v) is 4.47. The monoisotopic (exact) mass is 213 g/mol. The zero-order chi connectivity index (χ0) is 10.1. The smallest absolute Gasteiger partial charge is 0.0596 e. The third-order valence-electron chi connectivity index (χ3n) is 2.59. The maximum Gasteiger partial charge on any atom is 0.0596 e. The Hall–Kier alpha value is -1.54. The molecule has 1 aromatic heterocycles. The van der Waals surface area contributed by atoms with Crippen molar-refractivity contribution in [1.29, 1.82) is 0 Å². The molecule has 1 aromatic carbocycles. The van der Waals surface area contributed by atoms with Gasteiger partial charge < -0.3 is 4.90 Å². The number of rotatable bonds is 1. The molecule has 1 nitrogen and oxygen atoms in total. The van der Waals surface area contributed by atoms with Crippen LogP contribution in [0.2, 0.25) is 0 Å². The van der Waals surface area contributed by atoms with Crippen LogP contribution in [-0.2, 0) is 0 Å². The van der Waals surface area contributed by atoms with Crippen LogP contribution >= 0.6 is 11.3 Å². The van der Waals surface area contributed by atoms with Crippen molar-refractivity contribution < 1.29 is 0 Å². The summed E-state index contributed by atoms with van der Waals surface area (Å²) in [6.45, 7) is 0.966. The molecule has 0 saturated carbocycles. The van der Waals surface area contributed by atoms with Crippen LogP contribution < -0.4 is 4.90 Å². The van der Waals surface area contributed by atoms with Gasteiger partial charge in [-0.1, -0.05) is 24.3 Å². The van der Waals surface area contributed by atoms with E-state index in [-0.39, 0.29) is 0 Å². The van der Waals surface area contributed by atoms with Gasteiger partial charge in [0.05, 0.1) is 10.6 Å². The van der Waals surface area contributed by atoms with Crippen molar-refractivity contribution in [3.05, 3.63) is 52.7 Å². The molecule has 2 aromatic rings. The van der Waals surface area contributed by atoms with Gasteiger partial charge >= 0.3 is 0 Å². The van der Waals surface area contributed by atoms with E-state index < -0.39 is 0 Å². The summed E-state index contributed by atoms with van der Waals surface area (Å²) < 4.78 is 0. The molecule has 1 aliphatic heterocycles. The molecule has 0 unspecified atom stereocenters. The third-order valence-corrected chi connectivity index (χ3v) is 3.46. The molecule has 3 rings (SSSR count). The van der Waals surface area contributed by atoms with Crippen LogP contribution in [0.15, 0.2) is 47.9 Å². The molecule has 15 heavy (non-hydrogen) atoms. The zero-order valence-electron chi connectivity index (χ0n) is 8.26. The Morgan fingerprint density at radius 2 is 1.93 bits per heavy atom. The van der Waals surface area contributed by atoms with Crippen molar-refractivity contribution in [2.45, 2.75) is 0 Å². The second kappa shape index (κ2) is 3.55. The quantitative estimate of drug-likeness (QED) is 0.694. The van der Waals surface area contributed by atoms with E-state index in [9.17, 15) is 0 Å². The second-order valence-electron chi connectivity index (χ2n) is 3.52. The lowest BCUT2D eigenvalue weighted by molar-refractivity contribution is 1.09. The number of nitrogens with zero attached hydrogens (tertiary/aromatic N) is 1. The fraction of sp³-hybridized carbons (Fsp3) is 0.0769. The molecular formula is C13H11NS. The molecule has 0 aliphatic carbocycles. The highest BCUT2D eigenvalue weighted by molar-refractivity contribution is 7.11. The van der Waals surface area contributed by atoms with Crippen LogP contribution in [0.5, 0.6) is 0 Å². The fourth-order valence-electron chi connectivity index (χ4n) is 1.88. The number of para-hydroxylation sites is 1. The van der Waals surface area contributed by atoms with Gasteiger partial charge in [-0.2, -0.15) is 0 Å². The molecule has 0 N–H and O–H groups in total. The standard InChI is InChI=1S/C13H11NS/c1-2-5-11(6-3-1)14-9-4-7-13-12(14)8-10-15-13/h1-8,10H,9H2. The molecule has 74 valence electrons. The number of hydrogen-bond donors (Lipinski definition) is 0. The van der Waals surface area contributed by atoms with E-state index in [4.69, 9.17) is 0 Å². The maximum atomic E-state index is 2.34. The Kier molecular flexibility index (Phi) is 2.07. The molecular weight excluding hydrogens is 202 g/mol. The third kappa shape index (κ3) is 1.47. The molecule has 0 bridgehead atoms. The van der Waals surface area contributed by atoms with E-state index in [0.717, 1.165) is 6.54 Å². The first-order chi connectivity index (χ1) is 7.45. The Morgan fingerprint density at radius 3 is 2.80 bits per heavy atom. The van der Waals surface area contributed by atoms with Gasteiger partial charge in [0.25, 0.3) is 0 Å². The van der Waals surface area contributed by atoms with E-state index in [1.54, 1.807) is 11.3 Å². The van der Waals surface area contributed by atoms with Gasteiger partial charge in [0, 0.05) is 12.2 Å². The van der Waals surface area contributed by atoms with Gasteiger partial charge in [0.1, 0.15) is 0 Å². The highest BCUT2D eigenvalue weighted by atomic mass is 32.1. The van der Waals surface area contributed by atoms with Crippen molar-refractivity contribution in [2.24, 2.45) is 0 Å². The molecule has 0 atom stereocenters. The van der Waals surface area contributed by atoms with Crippen molar-refractivity contribution in [1.82, 2.24) is 0 Å². The average molecular weight is 213 g/mol. The minimum absolute atomic E-state index is 0.966. The molecule has 0 spiro atoms. The van der Waals surface area contributed by atoms with Crippen molar-refractivity contribution in [3.63, 3.8) is 0 Å². The molecule has 0 saturated heterocycles. The summed E-state index contributed by atoms with van der Waals surface area (Å²) in [5, 5.41) is 2.15. The average Bonchev–Trinajstić information content (AvgIpc) is 2.78. The Bertz CT molecular complexity index is 484. The molecule has 2 heteroatoms. The van der Waals surface area contributed by atoms with Gasteiger partial charge in [-0.3, -0.25) is 0 Å². The van der Waals surface area contributed by atoms with Gasteiger partial charge in [0.15, 0.2) is 0 Å². The van der Waals surface area contributed by atoms with Crippen LogP contribution in [0.25, 0.3) is 6.08 Å². The van der Waals surface area contributed by atoms with Gasteiger partial charge in [-0.25, -0.2) is 0 Å². The lowest BCUT2D eigenvalue weighted by Gasteiger charge is -2.25. The highest BCUT2D eigenvalue weighted by Crippen LogP contribution is 2.35. The summed E-state index contributed by atoms with van der Waals surface area (Å²) in [5.74, 6) is 0. The maximum absolute atomic E-state index is 2.34. The van der Waals surface area contributed by atoms with E-state index in [1.807, 2.05) is 0 Å². The van der Waals surface area contributed by atoms with Crippen LogP contribution in [0, 0.1) is 0 Å². The lowest BCUT2D eigenvalue weighted by atomic mass is 10.2. The number of anilines is 2. The van der Waals surface area contributed by atoms with Crippen molar-refractivity contribution in [3.8, 4) is 0 Å². The van der Waals surface area contributed by atoms with E-state index in [2.05, 4.69) is 58.8 Å². The van der Waals surface area contributed by atoms with E-state index in [1.165, 1.54) is 16.3 Å². The van der Waals surface area contributed by atoms with Crippen molar-refractivity contribution >= 4 is 28.8 Å². The summed E-state index contributed by atoms with van der Waals surface area (Å²) in [6.07, 6.45) is 4.42. The van der Waals surface area contributed by atoms with E-state index in [0.29, 0.717) is 0 Å². The largest absolute Gasteiger partial charge is 0.336 e. The van der Waals surface area contributed by atoms with Crippen LogP contribution in [0.3, 0.4) is 0 Å². The van der Waals surface area contributed by atoms with E-state index >= 15 is 0 Å². The first-order valence-electron chi connectivity index (χ1n) is 5.02. The van der Waals surface area contributed by atoms with Gasteiger partial charge in [-0.05, 0) is 29.7 Å². The van der Waals surface area contributed by atoms with Crippen LogP contribution in [0.4, 0.5) is 11.4 Å². The Balaban J connectivity index is 2.07. The number of hydrogen-bond acceptors (Lipinski definition) is 2. The summed E-state index contributed by atoms with van der Waals surface area (Å²) in [7, 11) is 0. The summed E-state index contributed by atoms with van der Waals surface area (Å²) in [5.41, 5.74) is 2.59. The predicted molar refractivity (Wildman–Crippen MR) is 66.8 cm³/mol. The van der Waals surface area contributed by atoms with Gasteiger partial charge in [-0.15, -0.1) is 11.3 Å². The SMILES string of the molecule is C1=Cc2sccc2N(c2ccccc2)C1. The minimum atomic E-state index is 0.966. The minimum Gasteiger partial charge on any atom is -0.336 e. The topological polar surface area (TPSA) is 3.24 Å². The first-order valence-corrected chi connectivity index (χ1v) is 5.90. The molecule has 0 amide bonds. The summed E-state index contributed by atoms with van der Waals surface area (Å²) >= 11 is 1.80. The number of benzene rings is 1. The predicted octanol–water partition coefficient (Wildman–Crippen LogP) is 3.91. The van der Waals surface area contributed by atoms with Crippen LogP contribution in [0.1, 0.15) is 4.88 Å². The fourth-order valence-corrected chi connectivity index (χ4v) is 2.70. The molecule has 0 fully saturated rings. The first kappa shape index (κ1) is 8.74. The number of thiophene rings is 1. The molecule has 0 radical (unpaired) electrons. The highest BCUT2D eigenvalue weighted by Gasteiger charge is 2.14. The summed E-state index contributed by atoms with van der Waals surface area (Å²) in [6, 6.07) is 12.7. The Morgan fingerprint density at radius 1 is 1.07 bits per heavy atom. The molecule has 1 aliphatic rings. The normalized spacial score (nSPS) is 14.0. The molecule has 2 heterocycles. The Labute approximate surface area is 93.3 Å². The zero-order valence-corrected chi connectivity index (χ0v) is 9.08.